The Morgan fingerprint density at radius 2 is 1.62 bits per heavy atom. The van der Waals surface area contributed by atoms with Crippen LogP contribution >= 0.6 is 0 Å². The molecule has 2 aromatic carbocycles. The number of hydrogen-bond donors (Lipinski definition) is 1. The summed E-state index contributed by atoms with van der Waals surface area (Å²) < 4.78 is 39.8. The second kappa shape index (κ2) is 7.55. The molecule has 0 bridgehead atoms. The highest BCUT2D eigenvalue weighted by molar-refractivity contribution is 7.89. The van der Waals surface area contributed by atoms with Gasteiger partial charge in [0, 0.05) is 24.7 Å². The summed E-state index contributed by atoms with van der Waals surface area (Å²) in [5.41, 5.74) is 1.40. The number of nitrogens with one attached hydrogen (secondary N) is 1. The number of aryl methyl sites for hydroxylation is 1. The first-order chi connectivity index (χ1) is 12.4. The Morgan fingerprint density at radius 3 is 2.19 bits per heavy atom. The van der Waals surface area contributed by atoms with Crippen LogP contribution in [0.1, 0.15) is 28.8 Å². The van der Waals surface area contributed by atoms with Gasteiger partial charge in [-0.25, -0.2) is 12.8 Å². The summed E-state index contributed by atoms with van der Waals surface area (Å²) in [6.45, 7) is 2.61. The van der Waals surface area contributed by atoms with Crippen molar-refractivity contribution < 1.29 is 17.6 Å². The molecule has 1 aliphatic heterocycles. The highest BCUT2D eigenvalue weighted by Crippen LogP contribution is 2.21. The first-order valence-electron chi connectivity index (χ1n) is 8.49. The normalized spacial score (nSPS) is 16.4. The van der Waals surface area contributed by atoms with E-state index in [9.17, 15) is 17.6 Å². The van der Waals surface area contributed by atoms with Gasteiger partial charge in [0.1, 0.15) is 5.82 Å². The van der Waals surface area contributed by atoms with Crippen LogP contribution in [0.25, 0.3) is 0 Å². The van der Waals surface area contributed by atoms with Crippen molar-refractivity contribution in [2.24, 2.45) is 0 Å². The Hall–Kier alpha value is -2.25. The zero-order chi connectivity index (χ0) is 18.7. The van der Waals surface area contributed by atoms with Gasteiger partial charge in [0.2, 0.25) is 10.0 Å². The fourth-order valence-electron chi connectivity index (χ4n) is 2.97. The van der Waals surface area contributed by atoms with Gasteiger partial charge in [-0.2, -0.15) is 4.31 Å². The topological polar surface area (TPSA) is 66.5 Å². The number of halogens is 1. The summed E-state index contributed by atoms with van der Waals surface area (Å²) in [6, 6.07) is 12.0. The fraction of sp³-hybridized carbons (Fsp3) is 0.316. The monoisotopic (exact) mass is 376 g/mol. The van der Waals surface area contributed by atoms with Gasteiger partial charge >= 0.3 is 0 Å². The predicted molar refractivity (Wildman–Crippen MR) is 96.8 cm³/mol. The Bertz CT molecular complexity index is 872. The van der Waals surface area contributed by atoms with Crippen LogP contribution in [0.4, 0.5) is 4.39 Å². The van der Waals surface area contributed by atoms with E-state index in [1.54, 1.807) is 24.3 Å². The van der Waals surface area contributed by atoms with Crippen LogP contribution in [0, 0.1) is 12.7 Å². The van der Waals surface area contributed by atoms with Gasteiger partial charge < -0.3 is 5.32 Å². The largest absolute Gasteiger partial charge is 0.349 e. The lowest BCUT2D eigenvalue weighted by Crippen LogP contribution is -2.46. The van der Waals surface area contributed by atoms with Crippen molar-refractivity contribution in [1.82, 2.24) is 9.62 Å². The molecule has 0 saturated carbocycles. The summed E-state index contributed by atoms with van der Waals surface area (Å²) in [4.78, 5) is 12.5. The maximum atomic E-state index is 12.9. The van der Waals surface area contributed by atoms with E-state index in [1.165, 1.54) is 28.6 Å². The molecule has 5 nitrogen and oxygen atoms in total. The lowest BCUT2D eigenvalue weighted by Gasteiger charge is -2.31. The Morgan fingerprint density at radius 1 is 1.04 bits per heavy atom. The van der Waals surface area contributed by atoms with E-state index in [2.05, 4.69) is 5.32 Å². The molecule has 1 heterocycles. The van der Waals surface area contributed by atoms with Crippen LogP contribution in [0.15, 0.2) is 53.4 Å². The number of carbonyl (C=O) groups excluding carboxylic acids is 1. The molecular formula is C19H21FN2O3S. The van der Waals surface area contributed by atoms with Gasteiger partial charge in [0.15, 0.2) is 0 Å². The molecule has 7 heteroatoms. The summed E-state index contributed by atoms with van der Waals surface area (Å²) in [7, 11) is -3.51. The zero-order valence-corrected chi connectivity index (χ0v) is 15.3. The molecule has 1 fully saturated rings. The smallest absolute Gasteiger partial charge is 0.251 e. The van der Waals surface area contributed by atoms with Gasteiger partial charge in [-0.15, -0.1) is 0 Å². The molecule has 138 valence electrons. The van der Waals surface area contributed by atoms with E-state index in [0.717, 1.165) is 5.56 Å². The predicted octanol–water partition coefficient (Wildman–Crippen LogP) is 2.72. The van der Waals surface area contributed by atoms with Crippen molar-refractivity contribution in [3.8, 4) is 0 Å². The van der Waals surface area contributed by atoms with Crippen molar-refractivity contribution in [3.05, 3.63) is 65.5 Å². The number of sulfonamides is 1. The third kappa shape index (κ3) is 4.11. The molecular weight excluding hydrogens is 355 g/mol. The van der Waals surface area contributed by atoms with Gasteiger partial charge in [0.05, 0.1) is 4.90 Å². The van der Waals surface area contributed by atoms with Gasteiger partial charge in [-0.05, 0) is 56.2 Å². The number of hydrogen-bond acceptors (Lipinski definition) is 3. The lowest BCUT2D eigenvalue weighted by atomic mass is 10.1. The van der Waals surface area contributed by atoms with Crippen molar-refractivity contribution in [1.29, 1.82) is 0 Å². The molecule has 26 heavy (non-hydrogen) atoms. The number of carbonyl (C=O) groups is 1. The average molecular weight is 376 g/mol. The van der Waals surface area contributed by atoms with Crippen LogP contribution in [0.3, 0.4) is 0 Å². The first-order valence-corrected chi connectivity index (χ1v) is 9.93. The fourth-order valence-corrected chi connectivity index (χ4v) is 4.44. The minimum atomic E-state index is -3.51. The van der Waals surface area contributed by atoms with Gasteiger partial charge in [0.25, 0.3) is 5.91 Å². The van der Waals surface area contributed by atoms with E-state index in [0.29, 0.717) is 31.5 Å². The first kappa shape index (κ1) is 18.5. The van der Waals surface area contributed by atoms with E-state index in [1.807, 2.05) is 6.92 Å². The maximum absolute atomic E-state index is 12.9. The molecule has 2 aromatic rings. The van der Waals surface area contributed by atoms with E-state index in [-0.39, 0.29) is 16.8 Å². The molecule has 0 atom stereocenters. The van der Waals surface area contributed by atoms with Crippen LogP contribution in [0.5, 0.6) is 0 Å². The Kier molecular flexibility index (Phi) is 5.38. The summed E-state index contributed by atoms with van der Waals surface area (Å²) in [5, 5.41) is 2.89. The third-order valence-corrected chi connectivity index (χ3v) is 6.47. The highest BCUT2D eigenvalue weighted by Gasteiger charge is 2.30. The number of rotatable bonds is 4. The number of benzene rings is 2. The minimum Gasteiger partial charge on any atom is -0.349 e. The average Bonchev–Trinajstić information content (AvgIpc) is 2.63. The molecule has 0 aromatic heterocycles. The summed E-state index contributed by atoms with van der Waals surface area (Å²) in [6.07, 6.45) is 1.08. The zero-order valence-electron chi connectivity index (χ0n) is 14.5. The number of amides is 1. The van der Waals surface area contributed by atoms with E-state index >= 15 is 0 Å². The molecule has 1 aliphatic rings. The maximum Gasteiger partial charge on any atom is 0.251 e. The van der Waals surface area contributed by atoms with Gasteiger partial charge in [-0.3, -0.25) is 4.79 Å². The van der Waals surface area contributed by atoms with Crippen LogP contribution in [-0.4, -0.2) is 37.8 Å². The van der Waals surface area contributed by atoms with Crippen molar-refractivity contribution in [2.75, 3.05) is 13.1 Å². The van der Waals surface area contributed by atoms with E-state index in [4.69, 9.17) is 0 Å². The molecule has 1 N–H and O–H groups in total. The van der Waals surface area contributed by atoms with Gasteiger partial charge in [-0.1, -0.05) is 17.7 Å². The summed E-state index contributed by atoms with van der Waals surface area (Å²) in [5.74, 6) is -0.666. The van der Waals surface area contributed by atoms with Crippen molar-refractivity contribution >= 4 is 15.9 Å². The third-order valence-electron chi connectivity index (χ3n) is 4.55. The molecule has 0 unspecified atom stereocenters. The molecule has 0 radical (unpaired) electrons. The van der Waals surface area contributed by atoms with Crippen molar-refractivity contribution in [2.45, 2.75) is 30.7 Å². The molecule has 3 rings (SSSR count). The Balaban J connectivity index is 1.59. The minimum absolute atomic E-state index is 0.1000. The number of nitrogens with zero attached hydrogens (tertiary/aromatic N) is 1. The standard InChI is InChI=1S/C19H21FN2O3S/c1-14-2-8-18(9-3-14)26(24,25)22-12-10-17(11-13-22)21-19(23)15-4-6-16(20)7-5-15/h2-9,17H,10-13H2,1H3,(H,21,23). The number of piperidine rings is 1. The SMILES string of the molecule is Cc1ccc(S(=O)(=O)N2CCC(NC(=O)c3ccc(F)cc3)CC2)cc1. The molecule has 1 saturated heterocycles. The lowest BCUT2D eigenvalue weighted by molar-refractivity contribution is 0.0924. The second-order valence-electron chi connectivity index (χ2n) is 6.47. The Labute approximate surface area is 152 Å². The quantitative estimate of drug-likeness (QED) is 0.892. The highest BCUT2D eigenvalue weighted by atomic mass is 32.2. The second-order valence-corrected chi connectivity index (χ2v) is 8.41. The van der Waals surface area contributed by atoms with Crippen molar-refractivity contribution in [3.63, 3.8) is 0 Å². The molecule has 1 amide bonds. The van der Waals surface area contributed by atoms with Crippen LogP contribution in [0.2, 0.25) is 0 Å². The van der Waals surface area contributed by atoms with Crippen LogP contribution < -0.4 is 5.32 Å². The van der Waals surface area contributed by atoms with Crippen LogP contribution in [-0.2, 0) is 10.0 Å². The molecule has 0 spiro atoms. The molecule has 0 aliphatic carbocycles. The summed E-state index contributed by atoms with van der Waals surface area (Å²) >= 11 is 0. The van der Waals surface area contributed by atoms with E-state index < -0.39 is 15.8 Å².